The van der Waals surface area contributed by atoms with Crippen molar-refractivity contribution in [2.75, 3.05) is 20.2 Å². The number of fused-ring (bicyclic) bond motifs is 2. The van der Waals surface area contributed by atoms with Gasteiger partial charge in [0.05, 0.1) is 13.7 Å². The average molecular weight is 406 g/mol. The van der Waals surface area contributed by atoms with Crippen molar-refractivity contribution >= 4 is 28.8 Å². The van der Waals surface area contributed by atoms with E-state index in [0.717, 1.165) is 5.56 Å². The predicted molar refractivity (Wildman–Crippen MR) is 105 cm³/mol. The van der Waals surface area contributed by atoms with Gasteiger partial charge in [0.2, 0.25) is 0 Å². The number of carbonyl (C=O) groups excluding carboxylic acids is 3. The Labute approximate surface area is 171 Å². The van der Waals surface area contributed by atoms with Crippen LogP contribution in [0.15, 0.2) is 47.1 Å². The van der Waals surface area contributed by atoms with Crippen molar-refractivity contribution in [3.05, 3.63) is 59.6 Å². The van der Waals surface area contributed by atoms with Gasteiger partial charge in [0.25, 0.3) is 11.8 Å². The molecule has 4 amide bonds. The third-order valence-electron chi connectivity index (χ3n) is 5.59. The van der Waals surface area contributed by atoms with Crippen molar-refractivity contribution in [1.29, 1.82) is 0 Å². The lowest BCUT2D eigenvalue weighted by Crippen LogP contribution is -2.55. The van der Waals surface area contributed by atoms with Gasteiger partial charge in [-0.3, -0.25) is 19.9 Å². The summed E-state index contributed by atoms with van der Waals surface area (Å²) in [6, 6.07) is 8.00. The van der Waals surface area contributed by atoms with Gasteiger partial charge in [-0.05, 0) is 42.3 Å². The van der Waals surface area contributed by atoms with E-state index < -0.39 is 17.5 Å². The van der Waals surface area contributed by atoms with Gasteiger partial charge in [0, 0.05) is 29.9 Å². The Morgan fingerprint density at radius 2 is 2.10 bits per heavy atom. The number of hydrogen-bond acceptors (Lipinski definition) is 6. The Balaban J connectivity index is 1.53. The number of furan rings is 1. The number of methoxy groups -OCH3 is 1. The van der Waals surface area contributed by atoms with E-state index in [1.54, 1.807) is 48.7 Å². The zero-order chi connectivity index (χ0) is 20.9. The van der Waals surface area contributed by atoms with Crippen LogP contribution in [0.5, 0.6) is 5.75 Å². The molecule has 0 aliphatic carbocycles. The summed E-state index contributed by atoms with van der Waals surface area (Å²) in [5, 5.41) is 5.64. The number of amides is 4. The Morgan fingerprint density at radius 1 is 1.23 bits per heavy atom. The van der Waals surface area contributed by atoms with Gasteiger partial charge >= 0.3 is 6.03 Å². The largest absolute Gasteiger partial charge is 0.497 e. The summed E-state index contributed by atoms with van der Waals surface area (Å²) in [6.45, 7) is 0.341. The first-order valence-corrected chi connectivity index (χ1v) is 9.44. The fraction of sp³-hybridized carbons (Fsp3) is 0.238. The summed E-state index contributed by atoms with van der Waals surface area (Å²) in [7, 11) is 1.58. The molecule has 2 aliphatic rings. The van der Waals surface area contributed by atoms with E-state index in [0.29, 0.717) is 35.2 Å². The third kappa shape index (κ3) is 2.70. The van der Waals surface area contributed by atoms with Crippen molar-refractivity contribution in [2.45, 2.75) is 12.0 Å². The van der Waals surface area contributed by atoms with Gasteiger partial charge in [-0.25, -0.2) is 4.79 Å². The molecular formula is C21H18N4O5. The highest BCUT2D eigenvalue weighted by molar-refractivity contribution is 6.08. The van der Waals surface area contributed by atoms with Crippen molar-refractivity contribution in [3.63, 3.8) is 0 Å². The van der Waals surface area contributed by atoms with E-state index in [2.05, 4.69) is 15.6 Å². The summed E-state index contributed by atoms with van der Waals surface area (Å²) in [6.07, 6.45) is 3.79. The van der Waals surface area contributed by atoms with Crippen molar-refractivity contribution in [3.8, 4) is 5.75 Å². The Bertz CT molecular complexity index is 1170. The number of nitrogens with zero attached hydrogens (tertiary/aromatic N) is 2. The van der Waals surface area contributed by atoms with Crippen molar-refractivity contribution in [1.82, 2.24) is 20.5 Å². The fourth-order valence-corrected chi connectivity index (χ4v) is 4.03. The minimum Gasteiger partial charge on any atom is -0.497 e. The molecule has 5 rings (SSSR count). The van der Waals surface area contributed by atoms with Crippen LogP contribution in [0.4, 0.5) is 4.79 Å². The Morgan fingerprint density at radius 3 is 2.83 bits per heavy atom. The van der Waals surface area contributed by atoms with Crippen LogP contribution in [0, 0.1) is 0 Å². The lowest BCUT2D eigenvalue weighted by Gasteiger charge is -2.34. The molecule has 3 aromatic rings. The van der Waals surface area contributed by atoms with E-state index in [1.165, 1.54) is 0 Å². The highest BCUT2D eigenvalue weighted by Crippen LogP contribution is 2.33. The minimum absolute atomic E-state index is 0.0534. The molecule has 2 aromatic heterocycles. The summed E-state index contributed by atoms with van der Waals surface area (Å²) in [5.74, 6) is 0.157. The summed E-state index contributed by atoms with van der Waals surface area (Å²) in [4.78, 5) is 43.7. The number of nitrogens with one attached hydrogen (secondary N) is 2. The molecule has 9 nitrogen and oxygen atoms in total. The van der Waals surface area contributed by atoms with Crippen LogP contribution in [0.1, 0.15) is 21.7 Å². The average Bonchev–Trinajstić information content (AvgIpc) is 3.31. The molecule has 1 fully saturated rings. The molecule has 2 aliphatic heterocycles. The number of rotatable bonds is 4. The Kier molecular flexibility index (Phi) is 3.99. The zero-order valence-electron chi connectivity index (χ0n) is 16.1. The van der Waals surface area contributed by atoms with Gasteiger partial charge in [-0.2, -0.15) is 0 Å². The second-order valence-electron chi connectivity index (χ2n) is 7.34. The van der Waals surface area contributed by atoms with E-state index in [4.69, 9.17) is 9.15 Å². The molecule has 0 unspecified atom stereocenters. The van der Waals surface area contributed by atoms with Crippen LogP contribution in [0.3, 0.4) is 0 Å². The van der Waals surface area contributed by atoms with Gasteiger partial charge in [-0.15, -0.1) is 0 Å². The number of pyridine rings is 1. The molecule has 1 atom stereocenters. The van der Waals surface area contributed by atoms with Crippen LogP contribution in [-0.2, 0) is 16.8 Å². The van der Waals surface area contributed by atoms with E-state index >= 15 is 0 Å². The summed E-state index contributed by atoms with van der Waals surface area (Å²) >= 11 is 0. The highest BCUT2D eigenvalue weighted by atomic mass is 16.5. The lowest BCUT2D eigenvalue weighted by atomic mass is 9.92. The number of ether oxygens (including phenoxy) is 1. The zero-order valence-corrected chi connectivity index (χ0v) is 16.1. The van der Waals surface area contributed by atoms with Crippen molar-refractivity contribution < 1.29 is 23.5 Å². The first-order chi connectivity index (χ1) is 14.5. The number of benzene rings is 1. The van der Waals surface area contributed by atoms with Crippen LogP contribution in [0.25, 0.3) is 11.0 Å². The standard InChI is InChI=1S/C21H18N4O5/c1-29-14-2-3-15-12(8-14)5-7-25(18(15)26)11-21(19(27)23-20(28)24-21)17-9-13-10-22-6-4-16(13)30-17/h2-4,6,8-10H,5,7,11H2,1H3,(H2,23,24,27,28)/t21-/m0/s1. The molecule has 0 radical (unpaired) electrons. The smallest absolute Gasteiger partial charge is 0.322 e. The predicted octanol–water partition coefficient (Wildman–Crippen LogP) is 1.57. The molecule has 2 N–H and O–H groups in total. The number of imide groups is 1. The molecule has 30 heavy (non-hydrogen) atoms. The first-order valence-electron chi connectivity index (χ1n) is 9.44. The number of urea groups is 1. The van der Waals surface area contributed by atoms with Crippen LogP contribution in [-0.4, -0.2) is 47.9 Å². The molecule has 152 valence electrons. The van der Waals surface area contributed by atoms with E-state index in [9.17, 15) is 14.4 Å². The molecule has 0 saturated carbocycles. The second kappa shape index (κ2) is 6.58. The number of carbonyl (C=O) groups is 3. The van der Waals surface area contributed by atoms with E-state index in [1.807, 2.05) is 6.07 Å². The van der Waals surface area contributed by atoms with Gasteiger partial charge in [-0.1, -0.05) is 0 Å². The molecule has 1 aromatic carbocycles. The normalized spacial score (nSPS) is 20.8. The van der Waals surface area contributed by atoms with Crippen LogP contribution >= 0.6 is 0 Å². The van der Waals surface area contributed by atoms with Crippen LogP contribution < -0.4 is 15.4 Å². The summed E-state index contributed by atoms with van der Waals surface area (Å²) in [5.41, 5.74) is 0.460. The maximum Gasteiger partial charge on any atom is 0.322 e. The van der Waals surface area contributed by atoms with Gasteiger partial charge < -0.3 is 19.4 Å². The quantitative estimate of drug-likeness (QED) is 0.636. The topological polar surface area (TPSA) is 114 Å². The molecule has 4 heterocycles. The maximum absolute atomic E-state index is 13.1. The third-order valence-corrected chi connectivity index (χ3v) is 5.59. The number of aromatic nitrogens is 1. The lowest BCUT2D eigenvalue weighted by molar-refractivity contribution is -0.125. The molecule has 9 heteroatoms. The van der Waals surface area contributed by atoms with Crippen molar-refractivity contribution in [2.24, 2.45) is 0 Å². The monoisotopic (exact) mass is 406 g/mol. The second-order valence-corrected chi connectivity index (χ2v) is 7.34. The molecule has 0 bridgehead atoms. The highest BCUT2D eigenvalue weighted by Gasteiger charge is 2.52. The molecule has 0 spiro atoms. The fourth-order valence-electron chi connectivity index (χ4n) is 4.03. The van der Waals surface area contributed by atoms with Gasteiger partial charge in [0.1, 0.15) is 17.1 Å². The minimum atomic E-state index is -1.52. The summed E-state index contributed by atoms with van der Waals surface area (Å²) < 4.78 is 11.1. The number of hydrogen-bond donors (Lipinski definition) is 2. The maximum atomic E-state index is 13.1. The van der Waals surface area contributed by atoms with E-state index in [-0.39, 0.29) is 18.2 Å². The molecule has 1 saturated heterocycles. The first kappa shape index (κ1) is 18.2. The van der Waals surface area contributed by atoms with Gasteiger partial charge in [0.15, 0.2) is 5.54 Å². The Hall–Kier alpha value is -3.88. The molecular weight excluding hydrogens is 388 g/mol. The SMILES string of the molecule is COc1ccc2c(c1)CCN(C[C@@]1(c3cc4cnccc4o3)NC(=O)NC1=O)C2=O. The van der Waals surface area contributed by atoms with Crippen LogP contribution in [0.2, 0.25) is 0 Å².